The molecule has 6 heteroatoms. The van der Waals surface area contributed by atoms with Crippen LogP contribution in [0.5, 0.6) is 0 Å². The molecule has 0 radical (unpaired) electrons. The fourth-order valence-electron chi connectivity index (χ4n) is 1.19. The van der Waals surface area contributed by atoms with E-state index in [9.17, 15) is 4.79 Å². The second-order valence-electron chi connectivity index (χ2n) is 3.07. The van der Waals surface area contributed by atoms with Gasteiger partial charge in [-0.3, -0.25) is 4.79 Å². The molecule has 3 N–H and O–H groups in total. The van der Waals surface area contributed by atoms with Crippen molar-refractivity contribution in [3.8, 4) is 0 Å². The molecule has 1 aromatic heterocycles. The number of anilines is 2. The van der Waals surface area contributed by atoms with Gasteiger partial charge in [0.25, 0.3) is 5.91 Å². The lowest BCUT2D eigenvalue weighted by Gasteiger charge is -2.05. The van der Waals surface area contributed by atoms with Crippen molar-refractivity contribution in [2.24, 2.45) is 0 Å². The summed E-state index contributed by atoms with van der Waals surface area (Å²) in [6.45, 7) is 0. The number of nitrogens with two attached hydrogens (primary N) is 1. The Morgan fingerprint density at radius 3 is 2.94 bits per heavy atom. The van der Waals surface area contributed by atoms with Crippen LogP contribution in [0.2, 0.25) is 0 Å². The van der Waals surface area contributed by atoms with Crippen LogP contribution in [-0.4, -0.2) is 11.1 Å². The van der Waals surface area contributed by atoms with E-state index in [1.807, 2.05) is 0 Å². The molecule has 0 spiro atoms. The van der Waals surface area contributed by atoms with Gasteiger partial charge < -0.3 is 15.6 Å². The smallest absolute Gasteiger partial charge is 0.259 e. The maximum Gasteiger partial charge on any atom is 0.259 e. The average Bonchev–Trinajstić information content (AvgIpc) is 2.74. The number of nitrogens with zero attached hydrogens (tertiary/aromatic N) is 1. The number of hydrogen-bond donors (Lipinski definition) is 2. The van der Waals surface area contributed by atoms with Crippen LogP contribution in [-0.2, 0) is 0 Å². The van der Waals surface area contributed by atoms with Crippen molar-refractivity contribution < 1.29 is 9.32 Å². The highest BCUT2D eigenvalue weighted by Crippen LogP contribution is 2.19. The van der Waals surface area contributed by atoms with Crippen LogP contribution in [0.25, 0.3) is 0 Å². The SMILES string of the molecule is Nc1ccc(Br)cc1C(=O)Nc1ccon1. The molecular weight excluding hydrogens is 274 g/mol. The Morgan fingerprint density at radius 1 is 1.44 bits per heavy atom. The van der Waals surface area contributed by atoms with Crippen molar-refractivity contribution in [2.75, 3.05) is 11.1 Å². The van der Waals surface area contributed by atoms with Crippen molar-refractivity contribution in [1.29, 1.82) is 0 Å². The second kappa shape index (κ2) is 4.36. The fraction of sp³-hybridized carbons (Fsp3) is 0. The predicted molar refractivity (Wildman–Crippen MR) is 63.0 cm³/mol. The number of halogens is 1. The van der Waals surface area contributed by atoms with E-state index in [4.69, 9.17) is 5.73 Å². The van der Waals surface area contributed by atoms with E-state index >= 15 is 0 Å². The summed E-state index contributed by atoms with van der Waals surface area (Å²) >= 11 is 3.27. The molecule has 2 rings (SSSR count). The van der Waals surface area contributed by atoms with Crippen molar-refractivity contribution in [3.63, 3.8) is 0 Å². The van der Waals surface area contributed by atoms with Gasteiger partial charge in [0.2, 0.25) is 0 Å². The van der Waals surface area contributed by atoms with Crippen molar-refractivity contribution >= 4 is 33.3 Å². The van der Waals surface area contributed by atoms with Crippen molar-refractivity contribution in [1.82, 2.24) is 5.16 Å². The third-order valence-electron chi connectivity index (χ3n) is 1.94. The molecule has 5 nitrogen and oxygen atoms in total. The minimum absolute atomic E-state index is 0.326. The van der Waals surface area contributed by atoms with Gasteiger partial charge in [0, 0.05) is 16.2 Å². The number of hydrogen-bond acceptors (Lipinski definition) is 4. The Balaban J connectivity index is 2.24. The Morgan fingerprint density at radius 2 is 2.25 bits per heavy atom. The summed E-state index contributed by atoms with van der Waals surface area (Å²) < 4.78 is 5.38. The monoisotopic (exact) mass is 281 g/mol. The van der Waals surface area contributed by atoms with Gasteiger partial charge in [0.05, 0.1) is 5.56 Å². The summed E-state index contributed by atoms with van der Waals surface area (Å²) in [6.07, 6.45) is 1.37. The average molecular weight is 282 g/mol. The van der Waals surface area contributed by atoms with Crippen LogP contribution in [0.4, 0.5) is 11.5 Å². The lowest BCUT2D eigenvalue weighted by atomic mass is 10.1. The minimum atomic E-state index is -0.326. The van der Waals surface area contributed by atoms with Gasteiger partial charge in [-0.05, 0) is 18.2 Å². The molecular formula is C10H8BrN3O2. The van der Waals surface area contributed by atoms with Crippen molar-refractivity contribution in [3.05, 3.63) is 40.6 Å². The van der Waals surface area contributed by atoms with Gasteiger partial charge >= 0.3 is 0 Å². The Hall–Kier alpha value is -1.82. The summed E-state index contributed by atoms with van der Waals surface area (Å²) in [5, 5.41) is 6.14. The molecule has 0 aliphatic rings. The number of nitrogens with one attached hydrogen (secondary N) is 1. The zero-order valence-electron chi connectivity index (χ0n) is 8.11. The molecule has 0 fully saturated rings. The van der Waals surface area contributed by atoms with Crippen LogP contribution in [0.15, 0.2) is 39.5 Å². The van der Waals surface area contributed by atoms with E-state index in [2.05, 4.69) is 30.9 Å². The summed E-state index contributed by atoms with van der Waals surface area (Å²) in [5.74, 6) is 0.0251. The van der Waals surface area contributed by atoms with Gasteiger partial charge in [-0.25, -0.2) is 0 Å². The number of aromatic nitrogens is 1. The fourth-order valence-corrected chi connectivity index (χ4v) is 1.55. The number of benzene rings is 1. The zero-order valence-corrected chi connectivity index (χ0v) is 9.69. The topological polar surface area (TPSA) is 81.2 Å². The van der Waals surface area contributed by atoms with Gasteiger partial charge in [-0.1, -0.05) is 21.1 Å². The molecule has 1 aromatic carbocycles. The van der Waals surface area contributed by atoms with E-state index in [1.54, 1.807) is 24.3 Å². The molecule has 16 heavy (non-hydrogen) atoms. The van der Waals surface area contributed by atoms with Gasteiger partial charge in [-0.15, -0.1) is 0 Å². The number of carbonyl (C=O) groups is 1. The number of amides is 1. The molecule has 82 valence electrons. The summed E-state index contributed by atoms with van der Waals surface area (Å²) in [4.78, 5) is 11.8. The highest BCUT2D eigenvalue weighted by molar-refractivity contribution is 9.10. The first-order valence-corrected chi connectivity index (χ1v) is 5.23. The highest BCUT2D eigenvalue weighted by Gasteiger charge is 2.11. The molecule has 0 aliphatic carbocycles. The first-order chi connectivity index (χ1) is 7.66. The third kappa shape index (κ3) is 2.22. The molecule has 1 amide bonds. The highest BCUT2D eigenvalue weighted by atomic mass is 79.9. The lowest BCUT2D eigenvalue weighted by Crippen LogP contribution is -2.14. The molecule has 1 heterocycles. The van der Waals surface area contributed by atoms with Crippen molar-refractivity contribution in [2.45, 2.75) is 0 Å². The Labute approximate surface area is 99.7 Å². The normalized spacial score (nSPS) is 10.1. The summed E-state index contributed by atoms with van der Waals surface area (Å²) in [6, 6.07) is 6.61. The molecule has 2 aromatic rings. The van der Waals surface area contributed by atoms with E-state index in [0.29, 0.717) is 17.1 Å². The second-order valence-corrected chi connectivity index (χ2v) is 3.99. The molecule has 0 bridgehead atoms. The molecule has 0 saturated carbocycles. The number of carbonyl (C=O) groups excluding carboxylic acids is 1. The maximum atomic E-state index is 11.8. The molecule has 0 atom stereocenters. The van der Waals surface area contributed by atoms with E-state index < -0.39 is 0 Å². The van der Waals surface area contributed by atoms with E-state index in [0.717, 1.165) is 4.47 Å². The maximum absolute atomic E-state index is 11.8. The first kappa shape index (κ1) is 10.7. The van der Waals surface area contributed by atoms with Crippen LogP contribution in [0.3, 0.4) is 0 Å². The quantitative estimate of drug-likeness (QED) is 0.828. The van der Waals surface area contributed by atoms with Gasteiger partial charge in [0.15, 0.2) is 5.82 Å². The molecule has 0 aliphatic heterocycles. The third-order valence-corrected chi connectivity index (χ3v) is 2.43. The van der Waals surface area contributed by atoms with Crippen LogP contribution in [0, 0.1) is 0 Å². The predicted octanol–water partition coefficient (Wildman–Crippen LogP) is 2.27. The zero-order chi connectivity index (χ0) is 11.5. The van der Waals surface area contributed by atoms with Crippen LogP contribution < -0.4 is 11.1 Å². The summed E-state index contributed by atoms with van der Waals surface area (Å²) in [5.41, 5.74) is 6.49. The number of rotatable bonds is 2. The van der Waals surface area contributed by atoms with Crippen LogP contribution in [0.1, 0.15) is 10.4 Å². The molecule has 0 unspecified atom stereocenters. The number of nitrogen functional groups attached to an aromatic ring is 1. The minimum Gasteiger partial charge on any atom is -0.398 e. The van der Waals surface area contributed by atoms with Crippen LogP contribution >= 0.6 is 15.9 Å². The van der Waals surface area contributed by atoms with E-state index in [-0.39, 0.29) is 5.91 Å². The largest absolute Gasteiger partial charge is 0.398 e. The first-order valence-electron chi connectivity index (χ1n) is 4.43. The molecule has 0 saturated heterocycles. The Bertz CT molecular complexity index is 511. The summed E-state index contributed by atoms with van der Waals surface area (Å²) in [7, 11) is 0. The standard InChI is InChI=1S/C10H8BrN3O2/c11-6-1-2-8(12)7(5-6)10(15)13-9-3-4-16-14-9/h1-5H,12H2,(H,13,14,15). The van der Waals surface area contributed by atoms with Gasteiger partial charge in [-0.2, -0.15) is 0 Å². The lowest BCUT2D eigenvalue weighted by molar-refractivity contribution is 0.102. The van der Waals surface area contributed by atoms with Gasteiger partial charge in [0.1, 0.15) is 6.26 Å². The van der Waals surface area contributed by atoms with E-state index in [1.165, 1.54) is 6.26 Å². The Kier molecular flexibility index (Phi) is 2.91.